The van der Waals surface area contributed by atoms with Crippen molar-refractivity contribution in [2.75, 3.05) is 0 Å². The van der Waals surface area contributed by atoms with E-state index in [0.717, 1.165) is 24.8 Å². The molecule has 2 N–H and O–H groups in total. The van der Waals surface area contributed by atoms with Crippen LogP contribution in [0.5, 0.6) is 5.75 Å². The zero-order valence-corrected chi connectivity index (χ0v) is 12.2. The molecule has 2 atom stereocenters. The van der Waals surface area contributed by atoms with Gasteiger partial charge in [0.05, 0.1) is 0 Å². The lowest BCUT2D eigenvalue weighted by atomic mass is 9.58. The van der Waals surface area contributed by atoms with Crippen LogP contribution >= 0.6 is 0 Å². The summed E-state index contributed by atoms with van der Waals surface area (Å²) < 4.78 is 19.6. The summed E-state index contributed by atoms with van der Waals surface area (Å²) in [7, 11) is 0. The van der Waals surface area contributed by atoms with Gasteiger partial charge in [0.15, 0.2) is 0 Å². The molecule has 0 aliphatic heterocycles. The van der Waals surface area contributed by atoms with Crippen molar-refractivity contribution in [3.05, 3.63) is 29.6 Å². The number of nitrogens with two attached hydrogens (primary N) is 1. The summed E-state index contributed by atoms with van der Waals surface area (Å²) in [5.41, 5.74) is 7.45. The highest BCUT2D eigenvalue weighted by Gasteiger charge is 2.54. The topological polar surface area (TPSA) is 35.2 Å². The van der Waals surface area contributed by atoms with Crippen LogP contribution in [-0.2, 0) is 0 Å². The van der Waals surface area contributed by atoms with Crippen LogP contribution < -0.4 is 10.5 Å². The van der Waals surface area contributed by atoms with E-state index in [4.69, 9.17) is 10.5 Å². The second kappa shape index (κ2) is 5.36. The van der Waals surface area contributed by atoms with Gasteiger partial charge in [-0.15, -0.1) is 0 Å². The summed E-state index contributed by atoms with van der Waals surface area (Å²) in [5, 5.41) is 0. The minimum atomic E-state index is -0.232. The maximum Gasteiger partial charge on any atom is 0.126 e. The molecule has 3 rings (SSSR count). The summed E-state index contributed by atoms with van der Waals surface area (Å²) in [5.74, 6) is 0.453. The third-order valence-corrected chi connectivity index (χ3v) is 5.30. The Morgan fingerprint density at radius 3 is 2.55 bits per heavy atom. The zero-order valence-electron chi connectivity index (χ0n) is 12.2. The molecule has 2 aliphatic rings. The first kappa shape index (κ1) is 13.9. The zero-order chi connectivity index (χ0) is 14.2. The molecule has 0 bridgehead atoms. The summed E-state index contributed by atoms with van der Waals surface area (Å²) >= 11 is 0. The number of aryl methyl sites for hydroxylation is 1. The first-order valence-electron chi connectivity index (χ1n) is 7.80. The Bertz CT molecular complexity index is 480. The summed E-state index contributed by atoms with van der Waals surface area (Å²) in [4.78, 5) is 0. The SMILES string of the molecule is Cc1ccc(F)cc1OC1CC(N)C12CCCCCC2. The van der Waals surface area contributed by atoms with Gasteiger partial charge in [0.1, 0.15) is 17.7 Å². The Balaban J connectivity index is 1.78. The Labute approximate surface area is 120 Å². The van der Waals surface area contributed by atoms with Crippen LogP contribution in [0.25, 0.3) is 0 Å². The van der Waals surface area contributed by atoms with Crippen LogP contribution in [0.15, 0.2) is 18.2 Å². The van der Waals surface area contributed by atoms with Crippen LogP contribution in [0, 0.1) is 18.2 Å². The van der Waals surface area contributed by atoms with E-state index in [-0.39, 0.29) is 23.4 Å². The van der Waals surface area contributed by atoms with Gasteiger partial charge in [0, 0.05) is 23.9 Å². The molecule has 2 fully saturated rings. The van der Waals surface area contributed by atoms with E-state index >= 15 is 0 Å². The normalized spacial score (nSPS) is 28.8. The molecular weight excluding hydrogens is 253 g/mol. The molecule has 110 valence electrons. The summed E-state index contributed by atoms with van der Waals surface area (Å²) in [6.45, 7) is 1.97. The molecule has 1 aromatic rings. The van der Waals surface area contributed by atoms with Crippen molar-refractivity contribution in [1.82, 2.24) is 0 Å². The van der Waals surface area contributed by atoms with Crippen molar-refractivity contribution in [3.8, 4) is 5.75 Å². The van der Waals surface area contributed by atoms with Gasteiger partial charge in [-0.1, -0.05) is 31.7 Å². The van der Waals surface area contributed by atoms with Crippen molar-refractivity contribution in [3.63, 3.8) is 0 Å². The Kier molecular flexibility index (Phi) is 3.72. The first-order chi connectivity index (χ1) is 9.62. The van der Waals surface area contributed by atoms with E-state index in [1.807, 2.05) is 6.92 Å². The van der Waals surface area contributed by atoms with E-state index in [2.05, 4.69) is 0 Å². The molecule has 0 saturated heterocycles. The van der Waals surface area contributed by atoms with E-state index in [1.165, 1.54) is 37.8 Å². The number of rotatable bonds is 2. The third-order valence-electron chi connectivity index (χ3n) is 5.30. The fourth-order valence-electron chi connectivity index (χ4n) is 3.88. The van der Waals surface area contributed by atoms with Crippen molar-refractivity contribution < 1.29 is 9.13 Å². The van der Waals surface area contributed by atoms with E-state index in [0.29, 0.717) is 5.75 Å². The molecule has 3 heteroatoms. The van der Waals surface area contributed by atoms with Gasteiger partial charge in [-0.25, -0.2) is 4.39 Å². The van der Waals surface area contributed by atoms with E-state index in [9.17, 15) is 4.39 Å². The van der Waals surface area contributed by atoms with Crippen molar-refractivity contribution in [2.45, 2.75) is 64.0 Å². The van der Waals surface area contributed by atoms with Crippen molar-refractivity contribution in [1.29, 1.82) is 0 Å². The Hall–Kier alpha value is -1.09. The van der Waals surface area contributed by atoms with Gasteiger partial charge in [-0.2, -0.15) is 0 Å². The molecule has 2 nitrogen and oxygen atoms in total. The molecule has 0 radical (unpaired) electrons. The standard InChI is InChI=1S/C17H24FNO/c1-12-6-7-13(18)10-14(12)20-16-11-15(19)17(16)8-4-2-3-5-9-17/h6-7,10,15-16H,2-5,8-9,11,19H2,1H3. The maximum atomic E-state index is 13.4. The molecule has 2 aliphatic carbocycles. The molecule has 1 aromatic carbocycles. The van der Waals surface area contributed by atoms with E-state index < -0.39 is 0 Å². The predicted molar refractivity (Wildman–Crippen MR) is 78.3 cm³/mol. The average Bonchev–Trinajstić information content (AvgIpc) is 2.70. The highest BCUT2D eigenvalue weighted by molar-refractivity contribution is 5.33. The van der Waals surface area contributed by atoms with Gasteiger partial charge in [-0.3, -0.25) is 0 Å². The van der Waals surface area contributed by atoms with Gasteiger partial charge in [0.25, 0.3) is 0 Å². The molecule has 0 aromatic heterocycles. The second-order valence-corrected chi connectivity index (χ2v) is 6.51. The molecule has 1 spiro atoms. The molecule has 0 heterocycles. The van der Waals surface area contributed by atoms with Crippen LogP contribution in [0.2, 0.25) is 0 Å². The lowest BCUT2D eigenvalue weighted by molar-refractivity contribution is -0.0774. The highest BCUT2D eigenvalue weighted by atomic mass is 19.1. The van der Waals surface area contributed by atoms with Crippen molar-refractivity contribution >= 4 is 0 Å². The van der Waals surface area contributed by atoms with Crippen LogP contribution in [0.4, 0.5) is 4.39 Å². The Morgan fingerprint density at radius 2 is 1.90 bits per heavy atom. The molecular formula is C17H24FNO. The molecule has 2 unspecified atom stereocenters. The molecule has 2 saturated carbocycles. The van der Waals surface area contributed by atoms with Gasteiger partial charge >= 0.3 is 0 Å². The van der Waals surface area contributed by atoms with Gasteiger partial charge in [0.2, 0.25) is 0 Å². The highest BCUT2D eigenvalue weighted by Crippen LogP contribution is 2.51. The number of hydrogen-bond acceptors (Lipinski definition) is 2. The number of halogens is 1. The fraction of sp³-hybridized carbons (Fsp3) is 0.647. The van der Waals surface area contributed by atoms with Crippen molar-refractivity contribution in [2.24, 2.45) is 11.1 Å². The molecule has 20 heavy (non-hydrogen) atoms. The smallest absolute Gasteiger partial charge is 0.126 e. The molecule has 0 amide bonds. The van der Waals surface area contributed by atoms with Gasteiger partial charge in [-0.05, 0) is 31.4 Å². The third kappa shape index (κ3) is 2.32. The minimum Gasteiger partial charge on any atom is -0.489 e. The number of ether oxygens (including phenoxy) is 1. The number of benzene rings is 1. The maximum absolute atomic E-state index is 13.4. The summed E-state index contributed by atoms with van der Waals surface area (Å²) in [6, 6.07) is 5.02. The lowest BCUT2D eigenvalue weighted by Gasteiger charge is -2.54. The van der Waals surface area contributed by atoms with E-state index in [1.54, 1.807) is 6.07 Å². The van der Waals surface area contributed by atoms with Gasteiger partial charge < -0.3 is 10.5 Å². The number of hydrogen-bond donors (Lipinski definition) is 1. The monoisotopic (exact) mass is 277 g/mol. The van der Waals surface area contributed by atoms with Crippen LogP contribution in [-0.4, -0.2) is 12.1 Å². The average molecular weight is 277 g/mol. The quantitative estimate of drug-likeness (QED) is 0.888. The first-order valence-corrected chi connectivity index (χ1v) is 7.80. The van der Waals surface area contributed by atoms with Crippen LogP contribution in [0.1, 0.15) is 50.5 Å². The Morgan fingerprint density at radius 1 is 1.20 bits per heavy atom. The predicted octanol–water partition coefficient (Wildman–Crippen LogP) is 3.95. The fourth-order valence-corrected chi connectivity index (χ4v) is 3.88. The summed E-state index contributed by atoms with van der Waals surface area (Å²) in [6.07, 6.45) is 8.48. The second-order valence-electron chi connectivity index (χ2n) is 6.51. The largest absolute Gasteiger partial charge is 0.489 e. The van der Waals surface area contributed by atoms with Crippen LogP contribution in [0.3, 0.4) is 0 Å². The minimum absolute atomic E-state index is 0.134. The lowest BCUT2D eigenvalue weighted by Crippen LogP contribution is -2.63.